The summed E-state index contributed by atoms with van der Waals surface area (Å²) in [6.45, 7) is 6.89. The van der Waals surface area contributed by atoms with E-state index in [1.165, 1.54) is 55.5 Å². The van der Waals surface area contributed by atoms with Crippen LogP contribution in [0.2, 0.25) is 13.3 Å². The first-order valence-corrected chi connectivity index (χ1v) is 21.4. The van der Waals surface area contributed by atoms with E-state index in [0.29, 0.717) is 11.1 Å². The molecule has 0 amide bonds. The normalized spacial score (nSPS) is 10.8. The molecule has 4 rings (SSSR count). The molecule has 8 nitrogen and oxygen atoms in total. The van der Waals surface area contributed by atoms with Crippen LogP contribution < -0.4 is 3.71 Å². The summed E-state index contributed by atoms with van der Waals surface area (Å²) >= 11 is -2.58. The van der Waals surface area contributed by atoms with Gasteiger partial charge in [0.25, 0.3) is 0 Å². The molecular weight excluding hydrogens is 591 g/mol. The minimum absolute atomic E-state index is 0.642. The summed E-state index contributed by atoms with van der Waals surface area (Å²) in [5, 5.41) is 33.9. The average Bonchev–Trinajstić information content (AvgIpc) is 3.71. The third kappa shape index (κ3) is 8.24. The Hall–Kier alpha value is -3.50. The smallest absolute Gasteiger partial charge is 0.0991 e. The molecule has 0 saturated carbocycles. The Morgan fingerprint density at radius 1 is 0.692 bits per heavy atom. The molecule has 0 bridgehead atoms. The van der Waals surface area contributed by atoms with Gasteiger partial charge in [-0.3, -0.25) is 0 Å². The minimum Gasteiger partial charge on any atom is -0.221 e. The second-order valence-electron chi connectivity index (χ2n) is 9.79. The fourth-order valence-electron chi connectivity index (χ4n) is 4.80. The quantitative estimate of drug-likeness (QED) is 0.170. The summed E-state index contributed by atoms with van der Waals surface area (Å²) in [4.78, 5) is 0. The zero-order valence-corrected chi connectivity index (χ0v) is 26.1. The van der Waals surface area contributed by atoms with Crippen LogP contribution in [0.3, 0.4) is 0 Å². The van der Waals surface area contributed by atoms with Crippen LogP contribution in [-0.2, 0) is 0 Å². The van der Waals surface area contributed by atoms with Crippen LogP contribution in [-0.4, -0.2) is 48.4 Å². The van der Waals surface area contributed by atoms with E-state index in [-0.39, 0.29) is 0 Å². The van der Waals surface area contributed by atoms with Crippen LogP contribution in [0, 0.1) is 22.7 Å². The molecule has 0 unspecified atom stereocenters. The fourth-order valence-corrected chi connectivity index (χ4v) is 20.7. The molecule has 0 atom stereocenters. The van der Waals surface area contributed by atoms with Crippen molar-refractivity contribution in [3.8, 4) is 23.5 Å². The number of aromatic nitrogens is 6. The van der Waals surface area contributed by atoms with E-state index in [9.17, 15) is 0 Å². The molecule has 0 N–H and O–H groups in total. The molecule has 0 fully saturated rings. The van der Waals surface area contributed by atoms with Gasteiger partial charge in [0.05, 0.1) is 29.7 Å². The molecule has 0 radical (unpaired) electrons. The van der Waals surface area contributed by atoms with Gasteiger partial charge in [-0.15, -0.1) is 5.10 Å². The number of benzene rings is 2. The van der Waals surface area contributed by atoms with Crippen molar-refractivity contribution in [3.05, 3.63) is 78.2 Å². The minimum atomic E-state index is -2.58. The third-order valence-corrected chi connectivity index (χ3v) is 22.3. The SMILES string of the molecule is CCC[CH2][Sn]([CH2]CCC)([CH2]CCC)[c]1cnnn1-c1ccc(C#N)cc1.N#Cc1ccc(-n2ccnn2)cc1. The van der Waals surface area contributed by atoms with Crippen molar-refractivity contribution in [1.29, 1.82) is 10.5 Å². The Kier molecular flexibility index (Phi) is 12.2. The van der Waals surface area contributed by atoms with Crippen molar-refractivity contribution in [2.45, 2.75) is 72.6 Å². The Morgan fingerprint density at radius 2 is 1.21 bits per heavy atom. The first-order valence-electron chi connectivity index (χ1n) is 13.9. The summed E-state index contributed by atoms with van der Waals surface area (Å²) in [6.07, 6.45) is 13.2. The maximum absolute atomic E-state index is 9.06. The molecule has 2 heterocycles. The predicted octanol–water partition coefficient (Wildman–Crippen LogP) is 6.33. The van der Waals surface area contributed by atoms with Crippen molar-refractivity contribution in [3.63, 3.8) is 0 Å². The van der Waals surface area contributed by atoms with Crippen LogP contribution in [0.15, 0.2) is 67.1 Å². The zero-order valence-electron chi connectivity index (χ0n) is 23.3. The molecule has 0 saturated heterocycles. The van der Waals surface area contributed by atoms with Gasteiger partial charge in [-0.2, -0.15) is 5.26 Å². The number of nitriles is 2. The van der Waals surface area contributed by atoms with Gasteiger partial charge < -0.3 is 0 Å². The number of hydrogen-bond acceptors (Lipinski definition) is 6. The number of unbranched alkanes of at least 4 members (excludes halogenated alkanes) is 3. The zero-order chi connectivity index (χ0) is 27.9. The van der Waals surface area contributed by atoms with Gasteiger partial charge in [0.15, 0.2) is 0 Å². The molecule has 2 aromatic carbocycles. The van der Waals surface area contributed by atoms with Crippen molar-refractivity contribution >= 4 is 22.1 Å². The maximum Gasteiger partial charge on any atom is 0.0991 e. The fraction of sp³-hybridized carbons (Fsp3) is 0.400. The topological polar surface area (TPSA) is 109 Å². The van der Waals surface area contributed by atoms with E-state index < -0.39 is 18.4 Å². The standard InChI is InChI=1S/C9H6N4.C9H5N4.3C4H9.Sn/c2*10-7-8-1-3-9(4-2-8)13-6-5-11-12-13;3*1-3-4-2;/h1-6H;1-5H;3*1,3-4H2,2H3;. The summed E-state index contributed by atoms with van der Waals surface area (Å²) < 4.78 is 9.37. The summed E-state index contributed by atoms with van der Waals surface area (Å²) in [5.41, 5.74) is 3.27. The first-order chi connectivity index (χ1) is 19.1. The van der Waals surface area contributed by atoms with Crippen LogP contribution in [0.5, 0.6) is 0 Å². The predicted molar refractivity (Wildman–Crippen MR) is 157 cm³/mol. The Labute approximate surface area is 236 Å². The van der Waals surface area contributed by atoms with Crippen LogP contribution in [0.25, 0.3) is 11.4 Å². The second-order valence-corrected chi connectivity index (χ2v) is 22.8. The Bertz CT molecular complexity index is 1310. The molecule has 4 aromatic rings. The molecule has 2 aromatic heterocycles. The van der Waals surface area contributed by atoms with Crippen molar-refractivity contribution in [1.82, 2.24) is 30.0 Å². The van der Waals surface area contributed by atoms with Gasteiger partial charge in [-0.1, -0.05) is 5.21 Å². The molecule has 0 aliphatic heterocycles. The van der Waals surface area contributed by atoms with Crippen molar-refractivity contribution in [2.75, 3.05) is 0 Å². The van der Waals surface area contributed by atoms with E-state index in [1.54, 1.807) is 29.2 Å². The van der Waals surface area contributed by atoms with E-state index in [1.807, 2.05) is 36.4 Å². The van der Waals surface area contributed by atoms with Gasteiger partial charge in [0.1, 0.15) is 0 Å². The van der Waals surface area contributed by atoms with Crippen molar-refractivity contribution < 1.29 is 0 Å². The van der Waals surface area contributed by atoms with Gasteiger partial charge in [-0.25, -0.2) is 4.68 Å². The average molecular weight is 629 g/mol. The Balaban J connectivity index is 0.000000268. The molecule has 9 heteroatoms. The van der Waals surface area contributed by atoms with Crippen LogP contribution in [0.4, 0.5) is 0 Å². The monoisotopic (exact) mass is 630 g/mol. The summed E-state index contributed by atoms with van der Waals surface area (Å²) in [7, 11) is 0. The number of rotatable bonds is 12. The summed E-state index contributed by atoms with van der Waals surface area (Å²) in [6, 6.07) is 19.2. The molecule has 0 aliphatic carbocycles. The number of nitrogens with zero attached hydrogens (tertiary/aromatic N) is 8. The van der Waals surface area contributed by atoms with Gasteiger partial charge >= 0.3 is 163 Å². The van der Waals surface area contributed by atoms with E-state index in [2.05, 4.69) is 64.4 Å². The van der Waals surface area contributed by atoms with Crippen LogP contribution in [0.1, 0.15) is 70.4 Å². The van der Waals surface area contributed by atoms with Gasteiger partial charge in [0.2, 0.25) is 0 Å². The number of hydrogen-bond donors (Lipinski definition) is 0. The van der Waals surface area contributed by atoms with Gasteiger partial charge in [0, 0.05) is 0 Å². The maximum atomic E-state index is 9.06. The molecule has 39 heavy (non-hydrogen) atoms. The van der Waals surface area contributed by atoms with Crippen molar-refractivity contribution in [2.24, 2.45) is 0 Å². The molecule has 202 valence electrons. The molecule has 0 aliphatic rings. The molecular formula is C30H38N8Sn. The van der Waals surface area contributed by atoms with E-state index in [0.717, 1.165) is 11.4 Å². The van der Waals surface area contributed by atoms with E-state index >= 15 is 0 Å². The van der Waals surface area contributed by atoms with Crippen LogP contribution >= 0.6 is 0 Å². The first kappa shape index (κ1) is 30.0. The third-order valence-electron chi connectivity index (χ3n) is 7.04. The Morgan fingerprint density at radius 3 is 1.64 bits per heavy atom. The van der Waals surface area contributed by atoms with Gasteiger partial charge in [-0.05, 0) is 24.3 Å². The second kappa shape index (κ2) is 15.8. The molecule has 0 spiro atoms. The summed E-state index contributed by atoms with van der Waals surface area (Å²) in [5.74, 6) is 0. The van der Waals surface area contributed by atoms with E-state index in [4.69, 9.17) is 10.5 Å². The largest absolute Gasteiger partial charge is 0.221 e.